The van der Waals surface area contributed by atoms with Crippen molar-refractivity contribution >= 4 is 6.08 Å². The topological polar surface area (TPSA) is 39.9 Å². The van der Waals surface area contributed by atoms with Crippen molar-refractivity contribution in [3.8, 4) is 0 Å². The van der Waals surface area contributed by atoms with Crippen molar-refractivity contribution in [2.24, 2.45) is 0 Å². The van der Waals surface area contributed by atoms with Crippen LogP contribution in [-0.4, -0.2) is 21.4 Å². The van der Waals surface area contributed by atoms with Crippen molar-refractivity contribution in [1.29, 1.82) is 0 Å². The molecule has 2 rings (SSSR count). The molecule has 0 saturated heterocycles. The first-order valence-electron chi connectivity index (χ1n) is 5.59. The van der Waals surface area contributed by atoms with Gasteiger partial charge in [0.25, 0.3) is 0 Å². The van der Waals surface area contributed by atoms with Crippen molar-refractivity contribution in [2.75, 3.05) is 6.61 Å². The van der Waals surface area contributed by atoms with Crippen LogP contribution in [0.2, 0.25) is 0 Å². The van der Waals surface area contributed by atoms with Gasteiger partial charge >= 0.3 is 0 Å². The summed E-state index contributed by atoms with van der Waals surface area (Å²) in [6.07, 6.45) is 6.93. The predicted molar refractivity (Wildman–Crippen MR) is 66.2 cm³/mol. The molecule has 0 aliphatic heterocycles. The molecule has 88 valence electrons. The fraction of sp³-hybridized carbons (Fsp3) is 0.231. The van der Waals surface area contributed by atoms with Crippen molar-refractivity contribution < 1.29 is 4.74 Å². The summed E-state index contributed by atoms with van der Waals surface area (Å²) < 4.78 is 7.27. The Bertz CT molecular complexity index is 451. The summed E-state index contributed by atoms with van der Waals surface area (Å²) in [5.74, 6) is 0. The monoisotopic (exact) mass is 229 g/mol. The van der Waals surface area contributed by atoms with Crippen LogP contribution >= 0.6 is 0 Å². The molecule has 1 unspecified atom stereocenters. The Hall–Kier alpha value is -1.94. The van der Waals surface area contributed by atoms with Gasteiger partial charge in [-0.25, -0.2) is 9.67 Å². The SMILES string of the molecule is CCOC(C=Cc1ccccc1)n1cncn1. The molecule has 0 aliphatic rings. The van der Waals surface area contributed by atoms with Gasteiger partial charge in [0, 0.05) is 6.61 Å². The lowest BCUT2D eigenvalue weighted by Gasteiger charge is -2.12. The van der Waals surface area contributed by atoms with Crippen LogP contribution in [-0.2, 0) is 4.74 Å². The minimum atomic E-state index is -0.206. The first-order valence-corrected chi connectivity index (χ1v) is 5.59. The van der Waals surface area contributed by atoms with Crippen LogP contribution in [0.1, 0.15) is 18.7 Å². The highest BCUT2D eigenvalue weighted by atomic mass is 16.5. The first-order chi connectivity index (χ1) is 8.40. The predicted octanol–water partition coefficient (Wildman–Crippen LogP) is 2.53. The highest BCUT2D eigenvalue weighted by Crippen LogP contribution is 2.11. The first kappa shape index (κ1) is 11.5. The molecule has 2 aromatic rings. The number of aromatic nitrogens is 3. The zero-order valence-corrected chi connectivity index (χ0v) is 9.73. The van der Waals surface area contributed by atoms with Crippen molar-refractivity contribution in [3.05, 3.63) is 54.6 Å². The minimum Gasteiger partial charge on any atom is -0.353 e. The molecule has 0 N–H and O–H groups in total. The van der Waals surface area contributed by atoms with Gasteiger partial charge in [-0.2, -0.15) is 5.10 Å². The van der Waals surface area contributed by atoms with Crippen LogP contribution < -0.4 is 0 Å². The molecule has 1 atom stereocenters. The number of hydrogen-bond donors (Lipinski definition) is 0. The van der Waals surface area contributed by atoms with E-state index in [0.29, 0.717) is 6.61 Å². The van der Waals surface area contributed by atoms with E-state index in [9.17, 15) is 0 Å². The molecule has 0 fully saturated rings. The molecule has 4 heteroatoms. The normalized spacial score (nSPS) is 13.0. The van der Waals surface area contributed by atoms with E-state index in [0.717, 1.165) is 5.56 Å². The molecule has 0 aliphatic carbocycles. The highest BCUT2D eigenvalue weighted by Gasteiger charge is 2.06. The number of nitrogens with zero attached hydrogens (tertiary/aromatic N) is 3. The Kier molecular flexibility index (Phi) is 4.05. The van der Waals surface area contributed by atoms with Gasteiger partial charge in [-0.3, -0.25) is 0 Å². The fourth-order valence-electron chi connectivity index (χ4n) is 1.50. The maximum atomic E-state index is 5.58. The lowest BCUT2D eigenvalue weighted by atomic mass is 10.2. The van der Waals surface area contributed by atoms with E-state index in [1.165, 1.54) is 6.33 Å². The smallest absolute Gasteiger partial charge is 0.171 e. The molecule has 1 heterocycles. The van der Waals surface area contributed by atoms with Crippen molar-refractivity contribution in [3.63, 3.8) is 0 Å². The lowest BCUT2D eigenvalue weighted by Crippen LogP contribution is -2.10. The molecule has 0 amide bonds. The lowest BCUT2D eigenvalue weighted by molar-refractivity contribution is 0.0383. The number of hydrogen-bond acceptors (Lipinski definition) is 3. The van der Waals surface area contributed by atoms with Gasteiger partial charge in [-0.05, 0) is 18.6 Å². The zero-order chi connectivity index (χ0) is 11.9. The summed E-state index contributed by atoms with van der Waals surface area (Å²) in [6, 6.07) is 10.1. The molecule has 17 heavy (non-hydrogen) atoms. The summed E-state index contributed by atoms with van der Waals surface area (Å²) >= 11 is 0. The Labute approximate surface area is 101 Å². The Morgan fingerprint density at radius 2 is 2.18 bits per heavy atom. The quantitative estimate of drug-likeness (QED) is 0.791. The molecule has 0 saturated carbocycles. The van der Waals surface area contributed by atoms with E-state index in [4.69, 9.17) is 4.74 Å². The van der Waals surface area contributed by atoms with Gasteiger partial charge in [0.15, 0.2) is 6.23 Å². The molecule has 0 bridgehead atoms. The molecule has 0 radical (unpaired) electrons. The number of ether oxygens (including phenoxy) is 1. The fourth-order valence-corrected chi connectivity index (χ4v) is 1.50. The second-order valence-corrected chi connectivity index (χ2v) is 3.49. The van der Waals surface area contributed by atoms with Crippen LogP contribution in [0.15, 0.2) is 49.1 Å². The standard InChI is InChI=1S/C13H15N3O/c1-2-17-13(16-11-14-10-15-16)9-8-12-6-4-3-5-7-12/h3-11,13H,2H2,1H3. The van der Waals surface area contributed by atoms with E-state index in [-0.39, 0.29) is 6.23 Å². The average Bonchev–Trinajstić information content (AvgIpc) is 2.89. The van der Waals surface area contributed by atoms with Gasteiger partial charge in [-0.1, -0.05) is 36.4 Å². The Morgan fingerprint density at radius 3 is 2.82 bits per heavy atom. The third-order valence-electron chi connectivity index (χ3n) is 2.29. The van der Waals surface area contributed by atoms with Gasteiger partial charge in [0.2, 0.25) is 0 Å². The highest BCUT2D eigenvalue weighted by molar-refractivity contribution is 5.48. The van der Waals surface area contributed by atoms with Crippen molar-refractivity contribution in [1.82, 2.24) is 14.8 Å². The van der Waals surface area contributed by atoms with Gasteiger partial charge in [0.1, 0.15) is 12.7 Å². The number of benzene rings is 1. The molecule has 1 aromatic carbocycles. The second kappa shape index (κ2) is 5.96. The third kappa shape index (κ3) is 3.26. The maximum Gasteiger partial charge on any atom is 0.171 e. The van der Waals surface area contributed by atoms with E-state index in [2.05, 4.69) is 10.1 Å². The van der Waals surface area contributed by atoms with Gasteiger partial charge in [-0.15, -0.1) is 0 Å². The van der Waals surface area contributed by atoms with Crippen LogP contribution in [0, 0.1) is 0 Å². The van der Waals surface area contributed by atoms with Crippen molar-refractivity contribution in [2.45, 2.75) is 13.2 Å². The Balaban J connectivity index is 2.11. The summed E-state index contributed by atoms with van der Waals surface area (Å²) in [5.41, 5.74) is 1.14. The molecular formula is C13H15N3O. The van der Waals surface area contributed by atoms with Gasteiger partial charge in [0.05, 0.1) is 0 Å². The zero-order valence-electron chi connectivity index (χ0n) is 9.73. The molecule has 0 spiro atoms. The largest absolute Gasteiger partial charge is 0.353 e. The summed E-state index contributed by atoms with van der Waals surface area (Å²) in [4.78, 5) is 3.92. The maximum absolute atomic E-state index is 5.58. The summed E-state index contributed by atoms with van der Waals surface area (Å²) in [6.45, 7) is 2.59. The van der Waals surface area contributed by atoms with E-state index in [1.807, 2.05) is 49.4 Å². The Morgan fingerprint density at radius 1 is 1.35 bits per heavy atom. The minimum absolute atomic E-state index is 0.206. The van der Waals surface area contributed by atoms with Crippen LogP contribution in [0.5, 0.6) is 0 Å². The third-order valence-corrected chi connectivity index (χ3v) is 2.29. The summed E-state index contributed by atoms with van der Waals surface area (Å²) in [5, 5.41) is 4.08. The van der Waals surface area contributed by atoms with Crippen LogP contribution in [0.3, 0.4) is 0 Å². The van der Waals surface area contributed by atoms with Gasteiger partial charge < -0.3 is 4.74 Å². The molecule has 1 aromatic heterocycles. The average molecular weight is 229 g/mol. The number of rotatable bonds is 5. The molecule has 4 nitrogen and oxygen atoms in total. The van der Waals surface area contributed by atoms with Crippen LogP contribution in [0.25, 0.3) is 6.08 Å². The van der Waals surface area contributed by atoms with E-state index >= 15 is 0 Å². The van der Waals surface area contributed by atoms with E-state index < -0.39 is 0 Å². The van der Waals surface area contributed by atoms with Crippen LogP contribution in [0.4, 0.5) is 0 Å². The molecular weight excluding hydrogens is 214 g/mol. The van der Waals surface area contributed by atoms with E-state index in [1.54, 1.807) is 11.0 Å². The summed E-state index contributed by atoms with van der Waals surface area (Å²) in [7, 11) is 0. The second-order valence-electron chi connectivity index (χ2n) is 3.49.